The van der Waals surface area contributed by atoms with Crippen LogP contribution in [0.15, 0.2) is 48.5 Å². The van der Waals surface area contributed by atoms with Gasteiger partial charge in [-0.2, -0.15) is 13.2 Å². The molecule has 0 saturated carbocycles. The molecule has 2 aromatic rings. The van der Waals surface area contributed by atoms with Gasteiger partial charge in [-0.1, -0.05) is 18.2 Å². The summed E-state index contributed by atoms with van der Waals surface area (Å²) in [6.45, 7) is 0.277. The number of para-hydroxylation sites is 1. The molecular weight excluding hydrogens is 337 g/mol. The Labute approximate surface area is 142 Å². The second-order valence-electron chi connectivity index (χ2n) is 4.95. The number of hydrogen-bond donors (Lipinski definition) is 2. The molecule has 0 unspecified atom stereocenters. The molecule has 0 radical (unpaired) electrons. The highest BCUT2D eigenvalue weighted by molar-refractivity contribution is 5.90. The number of alkyl halides is 3. The van der Waals surface area contributed by atoms with Crippen LogP contribution in [-0.4, -0.2) is 26.3 Å². The second kappa shape index (κ2) is 8.27. The van der Waals surface area contributed by atoms with E-state index in [9.17, 15) is 18.0 Å². The SMILES string of the molecule is COc1cccc(OCCNC(=O)Nc2ccccc2C(F)(F)F)c1. The van der Waals surface area contributed by atoms with E-state index in [4.69, 9.17) is 9.47 Å². The molecule has 0 aromatic heterocycles. The molecule has 0 heterocycles. The molecule has 0 spiro atoms. The Morgan fingerprint density at radius 2 is 1.80 bits per heavy atom. The third-order valence-corrected chi connectivity index (χ3v) is 3.18. The Balaban J connectivity index is 1.82. The zero-order chi connectivity index (χ0) is 18.3. The van der Waals surface area contributed by atoms with Crippen LogP contribution < -0.4 is 20.1 Å². The van der Waals surface area contributed by atoms with Gasteiger partial charge in [-0.3, -0.25) is 0 Å². The van der Waals surface area contributed by atoms with E-state index in [2.05, 4.69) is 10.6 Å². The van der Waals surface area contributed by atoms with Crippen LogP contribution in [0.3, 0.4) is 0 Å². The molecule has 0 atom stereocenters. The summed E-state index contributed by atoms with van der Waals surface area (Å²) in [5.74, 6) is 1.19. The van der Waals surface area contributed by atoms with Gasteiger partial charge in [0.2, 0.25) is 0 Å². The molecule has 0 aliphatic heterocycles. The highest BCUT2D eigenvalue weighted by Crippen LogP contribution is 2.34. The summed E-state index contributed by atoms with van der Waals surface area (Å²) < 4.78 is 49.0. The van der Waals surface area contributed by atoms with Crippen LogP contribution in [0.4, 0.5) is 23.7 Å². The van der Waals surface area contributed by atoms with Gasteiger partial charge in [0, 0.05) is 6.07 Å². The van der Waals surface area contributed by atoms with Crippen molar-refractivity contribution in [3.63, 3.8) is 0 Å². The number of ether oxygens (including phenoxy) is 2. The van der Waals surface area contributed by atoms with E-state index >= 15 is 0 Å². The van der Waals surface area contributed by atoms with Crippen LogP contribution >= 0.6 is 0 Å². The van der Waals surface area contributed by atoms with Gasteiger partial charge in [0.25, 0.3) is 0 Å². The molecule has 0 bridgehead atoms. The molecule has 5 nitrogen and oxygen atoms in total. The maximum atomic E-state index is 12.9. The summed E-state index contributed by atoms with van der Waals surface area (Å²) in [6.07, 6.45) is -4.54. The Bertz CT molecular complexity index is 720. The third kappa shape index (κ3) is 5.59. The lowest BCUT2D eigenvalue weighted by Gasteiger charge is -2.14. The maximum absolute atomic E-state index is 12.9. The topological polar surface area (TPSA) is 59.6 Å². The Morgan fingerprint density at radius 3 is 2.52 bits per heavy atom. The average Bonchev–Trinajstić information content (AvgIpc) is 2.58. The van der Waals surface area contributed by atoms with Crippen molar-refractivity contribution in [2.45, 2.75) is 6.18 Å². The van der Waals surface area contributed by atoms with Gasteiger partial charge in [0.1, 0.15) is 18.1 Å². The van der Waals surface area contributed by atoms with Crippen LogP contribution in [0.25, 0.3) is 0 Å². The molecule has 134 valence electrons. The normalized spacial score (nSPS) is 10.9. The summed E-state index contributed by atoms with van der Waals surface area (Å²) in [7, 11) is 1.53. The van der Waals surface area contributed by atoms with Crippen molar-refractivity contribution in [3.05, 3.63) is 54.1 Å². The largest absolute Gasteiger partial charge is 0.497 e. The van der Waals surface area contributed by atoms with Gasteiger partial charge in [-0.05, 0) is 24.3 Å². The number of hydrogen-bond acceptors (Lipinski definition) is 3. The van der Waals surface area contributed by atoms with Crippen molar-refractivity contribution in [2.24, 2.45) is 0 Å². The minimum absolute atomic E-state index is 0.122. The molecular formula is C17H17F3N2O3. The monoisotopic (exact) mass is 354 g/mol. The van der Waals surface area contributed by atoms with E-state index in [0.29, 0.717) is 11.5 Å². The fraction of sp³-hybridized carbons (Fsp3) is 0.235. The van der Waals surface area contributed by atoms with E-state index < -0.39 is 17.8 Å². The van der Waals surface area contributed by atoms with Crippen molar-refractivity contribution in [2.75, 3.05) is 25.6 Å². The Kier molecular flexibility index (Phi) is 6.10. The Hall–Kier alpha value is -2.90. The zero-order valence-corrected chi connectivity index (χ0v) is 13.4. The average molecular weight is 354 g/mol. The number of benzene rings is 2. The van der Waals surface area contributed by atoms with Crippen LogP contribution in [-0.2, 0) is 6.18 Å². The van der Waals surface area contributed by atoms with Crippen LogP contribution in [0.2, 0.25) is 0 Å². The fourth-order valence-corrected chi connectivity index (χ4v) is 2.03. The van der Waals surface area contributed by atoms with E-state index in [1.807, 2.05) is 0 Å². The number of urea groups is 1. The highest BCUT2D eigenvalue weighted by atomic mass is 19.4. The highest BCUT2D eigenvalue weighted by Gasteiger charge is 2.33. The zero-order valence-electron chi connectivity index (χ0n) is 13.4. The standard InChI is InChI=1S/C17H17F3N2O3/c1-24-12-5-4-6-13(11-12)25-10-9-21-16(23)22-15-8-3-2-7-14(15)17(18,19)20/h2-8,11H,9-10H2,1H3,(H2,21,22,23). The molecule has 2 aromatic carbocycles. The maximum Gasteiger partial charge on any atom is 0.418 e. The smallest absolute Gasteiger partial charge is 0.418 e. The molecule has 0 aliphatic carbocycles. The molecule has 2 N–H and O–H groups in total. The number of nitrogens with one attached hydrogen (secondary N) is 2. The van der Waals surface area contributed by atoms with E-state index in [1.54, 1.807) is 24.3 Å². The van der Waals surface area contributed by atoms with Crippen LogP contribution in [0.5, 0.6) is 11.5 Å². The summed E-state index contributed by atoms with van der Waals surface area (Å²) >= 11 is 0. The number of halogens is 3. The van der Waals surface area contributed by atoms with Gasteiger partial charge in [-0.25, -0.2) is 4.79 Å². The predicted octanol–water partition coefficient (Wildman–Crippen LogP) is 3.91. The van der Waals surface area contributed by atoms with E-state index in [1.165, 1.54) is 25.3 Å². The summed E-state index contributed by atoms with van der Waals surface area (Å²) in [6, 6.07) is 10.9. The summed E-state index contributed by atoms with van der Waals surface area (Å²) in [4.78, 5) is 11.7. The fourth-order valence-electron chi connectivity index (χ4n) is 2.03. The number of rotatable bonds is 6. The van der Waals surface area contributed by atoms with E-state index in [-0.39, 0.29) is 18.8 Å². The van der Waals surface area contributed by atoms with Crippen LogP contribution in [0, 0.1) is 0 Å². The molecule has 2 amide bonds. The summed E-state index contributed by atoms with van der Waals surface area (Å²) in [5.41, 5.74) is -1.21. The third-order valence-electron chi connectivity index (χ3n) is 3.18. The Morgan fingerprint density at radius 1 is 1.08 bits per heavy atom. The van der Waals surface area contributed by atoms with Crippen molar-refractivity contribution >= 4 is 11.7 Å². The van der Waals surface area contributed by atoms with Gasteiger partial charge >= 0.3 is 12.2 Å². The van der Waals surface area contributed by atoms with Crippen molar-refractivity contribution in [1.82, 2.24) is 5.32 Å². The number of carbonyl (C=O) groups excluding carboxylic acids is 1. The molecule has 25 heavy (non-hydrogen) atoms. The first kappa shape index (κ1) is 18.4. The first-order chi connectivity index (χ1) is 11.9. The molecule has 0 fully saturated rings. The lowest BCUT2D eigenvalue weighted by molar-refractivity contribution is -0.136. The number of carbonyl (C=O) groups is 1. The first-order valence-corrected chi connectivity index (χ1v) is 7.38. The molecule has 0 saturated heterocycles. The van der Waals surface area contributed by atoms with Gasteiger partial charge in [0.05, 0.1) is 24.9 Å². The summed E-state index contributed by atoms with van der Waals surface area (Å²) in [5, 5.41) is 4.62. The first-order valence-electron chi connectivity index (χ1n) is 7.38. The quantitative estimate of drug-likeness (QED) is 0.773. The van der Waals surface area contributed by atoms with Gasteiger partial charge < -0.3 is 20.1 Å². The van der Waals surface area contributed by atoms with Gasteiger partial charge in [-0.15, -0.1) is 0 Å². The number of anilines is 1. The lowest BCUT2D eigenvalue weighted by atomic mass is 10.1. The second-order valence-corrected chi connectivity index (χ2v) is 4.95. The van der Waals surface area contributed by atoms with Crippen molar-refractivity contribution < 1.29 is 27.4 Å². The lowest BCUT2D eigenvalue weighted by Crippen LogP contribution is -2.32. The predicted molar refractivity (Wildman–Crippen MR) is 87.0 cm³/mol. The minimum atomic E-state index is -4.54. The van der Waals surface area contributed by atoms with E-state index in [0.717, 1.165) is 6.07 Å². The number of methoxy groups -OCH3 is 1. The molecule has 2 rings (SSSR count). The van der Waals surface area contributed by atoms with Crippen molar-refractivity contribution in [3.8, 4) is 11.5 Å². The van der Waals surface area contributed by atoms with Gasteiger partial charge in [0.15, 0.2) is 0 Å². The number of amides is 2. The van der Waals surface area contributed by atoms with Crippen LogP contribution in [0.1, 0.15) is 5.56 Å². The van der Waals surface area contributed by atoms with Crippen molar-refractivity contribution in [1.29, 1.82) is 0 Å². The minimum Gasteiger partial charge on any atom is -0.497 e. The molecule has 8 heteroatoms. The molecule has 0 aliphatic rings.